The van der Waals surface area contributed by atoms with Crippen LogP contribution in [-0.2, 0) is 4.74 Å². The topological polar surface area (TPSA) is 43.6 Å². The molecule has 2 aromatic carbocycles. The van der Waals surface area contributed by atoms with E-state index in [1.165, 1.54) is 7.11 Å². The molecule has 3 rings (SSSR count). The lowest BCUT2D eigenvalue weighted by atomic mass is 10.2. The molecule has 0 atom stereocenters. The number of ether oxygens (including phenoxy) is 1. The number of benzene rings is 2. The molecule has 0 fully saturated rings. The van der Waals surface area contributed by atoms with Gasteiger partial charge in [-0.3, -0.25) is 4.99 Å². The predicted octanol–water partition coefficient (Wildman–Crippen LogP) is 5.94. The van der Waals surface area contributed by atoms with E-state index in [9.17, 15) is 4.79 Å². The minimum atomic E-state index is -0.351. The van der Waals surface area contributed by atoms with Gasteiger partial charge in [0.05, 0.1) is 18.4 Å². The van der Waals surface area contributed by atoms with Crippen molar-refractivity contribution >= 4 is 41.1 Å². The van der Waals surface area contributed by atoms with Crippen LogP contribution in [0.1, 0.15) is 27.3 Å². The van der Waals surface area contributed by atoms with E-state index in [2.05, 4.69) is 15.6 Å². The van der Waals surface area contributed by atoms with Gasteiger partial charge < -0.3 is 9.30 Å². The molecule has 0 amide bonds. The summed E-state index contributed by atoms with van der Waals surface area (Å²) < 4.78 is 6.85. The number of carbonyl (C=O) groups excluding carboxylic acids is 1. The highest BCUT2D eigenvalue weighted by Crippen LogP contribution is 2.25. The Labute approximate surface area is 168 Å². The van der Waals surface area contributed by atoms with E-state index in [1.54, 1.807) is 36.5 Å². The summed E-state index contributed by atoms with van der Waals surface area (Å²) in [5.74, 6) is -0.351. The van der Waals surface area contributed by atoms with E-state index in [0.29, 0.717) is 21.3 Å². The number of esters is 1. The van der Waals surface area contributed by atoms with E-state index in [-0.39, 0.29) is 5.97 Å². The number of hydrogen-bond acceptors (Lipinski definition) is 3. The summed E-state index contributed by atoms with van der Waals surface area (Å²) in [6.07, 6.45) is 1.80. The van der Waals surface area contributed by atoms with Crippen molar-refractivity contribution in [2.75, 3.05) is 7.11 Å². The molecule has 0 spiro atoms. The first-order valence-electron chi connectivity index (χ1n) is 8.27. The monoisotopic (exact) mass is 400 g/mol. The van der Waals surface area contributed by atoms with E-state index in [0.717, 1.165) is 22.6 Å². The average molecular weight is 401 g/mol. The molecular weight excluding hydrogens is 383 g/mol. The molecule has 0 saturated carbocycles. The Kier molecular flexibility index (Phi) is 5.68. The second kappa shape index (κ2) is 7.99. The largest absolute Gasteiger partial charge is 0.465 e. The molecule has 0 aliphatic heterocycles. The van der Waals surface area contributed by atoms with Crippen LogP contribution in [0.4, 0.5) is 5.69 Å². The van der Waals surface area contributed by atoms with Gasteiger partial charge in [0.25, 0.3) is 0 Å². The summed E-state index contributed by atoms with van der Waals surface area (Å²) in [6, 6.07) is 14.5. The first kappa shape index (κ1) is 19.2. The minimum absolute atomic E-state index is 0.351. The summed E-state index contributed by atoms with van der Waals surface area (Å²) in [6.45, 7) is 4.04. The van der Waals surface area contributed by atoms with E-state index < -0.39 is 0 Å². The Hall–Kier alpha value is -2.56. The van der Waals surface area contributed by atoms with Gasteiger partial charge in [-0.25, -0.2) is 4.79 Å². The van der Waals surface area contributed by atoms with E-state index >= 15 is 0 Å². The highest BCUT2D eigenvalue weighted by atomic mass is 35.5. The number of hydrogen-bond donors (Lipinski definition) is 0. The van der Waals surface area contributed by atoms with Crippen molar-refractivity contribution in [3.8, 4) is 5.69 Å². The molecule has 0 saturated heterocycles. The van der Waals surface area contributed by atoms with Crippen LogP contribution in [0.2, 0.25) is 10.0 Å². The summed E-state index contributed by atoms with van der Waals surface area (Å²) >= 11 is 12.0. The highest BCUT2D eigenvalue weighted by molar-refractivity contribution is 6.35. The van der Waals surface area contributed by atoms with Crippen LogP contribution in [-0.4, -0.2) is 23.9 Å². The molecular formula is C21H18Cl2N2O2. The summed E-state index contributed by atoms with van der Waals surface area (Å²) in [7, 11) is 1.37. The summed E-state index contributed by atoms with van der Waals surface area (Å²) in [5, 5.41) is 1.09. The molecule has 4 nitrogen and oxygen atoms in total. The molecule has 1 aromatic heterocycles. The van der Waals surface area contributed by atoms with E-state index in [1.807, 2.05) is 26.0 Å². The summed E-state index contributed by atoms with van der Waals surface area (Å²) in [4.78, 5) is 16.1. The zero-order valence-corrected chi connectivity index (χ0v) is 16.7. The van der Waals surface area contributed by atoms with Crippen molar-refractivity contribution in [1.29, 1.82) is 0 Å². The number of aryl methyl sites for hydroxylation is 1. The fraction of sp³-hybridized carbons (Fsp3) is 0.143. The number of methoxy groups -OCH3 is 1. The van der Waals surface area contributed by atoms with Crippen molar-refractivity contribution in [2.24, 2.45) is 4.99 Å². The Bertz CT molecular complexity index is 1000. The fourth-order valence-electron chi connectivity index (χ4n) is 2.94. The molecule has 138 valence electrons. The van der Waals surface area contributed by atoms with E-state index in [4.69, 9.17) is 27.9 Å². The number of halogens is 2. The lowest BCUT2D eigenvalue weighted by molar-refractivity contribution is 0.0601. The zero-order valence-electron chi connectivity index (χ0n) is 15.2. The van der Waals surface area contributed by atoms with Crippen LogP contribution in [0.5, 0.6) is 0 Å². The molecule has 0 N–H and O–H groups in total. The quantitative estimate of drug-likeness (QED) is 0.401. The third-order valence-corrected chi connectivity index (χ3v) is 4.65. The Morgan fingerprint density at radius 3 is 2.26 bits per heavy atom. The standard InChI is InChI=1S/C21H18Cl2N2O2/c1-13-8-16(12-24-19-10-17(22)9-18(23)11-19)14(2)25(13)20-6-4-15(5-7-20)21(26)27-3/h4-12H,1-3H3. The van der Waals surface area contributed by atoms with Crippen molar-refractivity contribution in [3.63, 3.8) is 0 Å². The first-order valence-corrected chi connectivity index (χ1v) is 9.02. The second-order valence-corrected chi connectivity index (χ2v) is 6.96. The maximum Gasteiger partial charge on any atom is 0.337 e. The van der Waals surface area contributed by atoms with Gasteiger partial charge in [0.2, 0.25) is 0 Å². The fourth-order valence-corrected chi connectivity index (χ4v) is 3.45. The maximum absolute atomic E-state index is 11.6. The average Bonchev–Trinajstić information content (AvgIpc) is 2.92. The Morgan fingerprint density at radius 2 is 1.67 bits per heavy atom. The van der Waals surface area contributed by atoms with Crippen molar-refractivity contribution in [2.45, 2.75) is 13.8 Å². The van der Waals surface area contributed by atoms with Gasteiger partial charge in [-0.15, -0.1) is 0 Å². The molecule has 1 heterocycles. The molecule has 0 bridgehead atoms. The number of rotatable bonds is 4. The van der Waals surface area contributed by atoms with Gasteiger partial charge in [0.1, 0.15) is 0 Å². The van der Waals surface area contributed by atoms with Gasteiger partial charge in [-0.1, -0.05) is 23.2 Å². The Balaban J connectivity index is 1.92. The maximum atomic E-state index is 11.6. The normalized spacial score (nSPS) is 11.1. The molecule has 0 radical (unpaired) electrons. The van der Waals surface area contributed by atoms with Crippen molar-refractivity contribution in [3.05, 3.63) is 81.1 Å². The van der Waals surface area contributed by atoms with Crippen LogP contribution >= 0.6 is 23.2 Å². The van der Waals surface area contributed by atoms with Gasteiger partial charge in [0.15, 0.2) is 0 Å². The highest BCUT2D eigenvalue weighted by Gasteiger charge is 2.11. The Morgan fingerprint density at radius 1 is 1.04 bits per heavy atom. The van der Waals surface area contributed by atoms with Crippen LogP contribution < -0.4 is 0 Å². The molecule has 0 aliphatic carbocycles. The van der Waals surface area contributed by atoms with Crippen molar-refractivity contribution in [1.82, 2.24) is 4.57 Å². The first-order chi connectivity index (χ1) is 12.9. The van der Waals surface area contributed by atoms with Gasteiger partial charge in [-0.2, -0.15) is 0 Å². The van der Waals surface area contributed by atoms with Crippen LogP contribution in [0.25, 0.3) is 5.69 Å². The minimum Gasteiger partial charge on any atom is -0.465 e. The smallest absolute Gasteiger partial charge is 0.337 e. The number of aliphatic imine (C=N–C) groups is 1. The van der Waals surface area contributed by atoms with Crippen LogP contribution in [0.15, 0.2) is 53.5 Å². The second-order valence-electron chi connectivity index (χ2n) is 6.09. The number of aromatic nitrogens is 1. The SMILES string of the molecule is COC(=O)c1ccc(-n2c(C)cc(C=Nc3cc(Cl)cc(Cl)c3)c2C)cc1. The van der Waals surface area contributed by atoms with Gasteiger partial charge >= 0.3 is 5.97 Å². The van der Waals surface area contributed by atoms with Gasteiger partial charge in [-0.05, 0) is 62.4 Å². The lowest BCUT2D eigenvalue weighted by Gasteiger charge is -2.10. The number of nitrogens with zero attached hydrogens (tertiary/aromatic N) is 2. The lowest BCUT2D eigenvalue weighted by Crippen LogP contribution is -2.03. The zero-order chi connectivity index (χ0) is 19.6. The third-order valence-electron chi connectivity index (χ3n) is 4.22. The van der Waals surface area contributed by atoms with Crippen LogP contribution in [0.3, 0.4) is 0 Å². The van der Waals surface area contributed by atoms with Gasteiger partial charge in [0, 0.05) is 38.9 Å². The molecule has 0 aliphatic rings. The molecule has 3 aromatic rings. The molecule has 6 heteroatoms. The van der Waals surface area contributed by atoms with Crippen LogP contribution in [0, 0.1) is 13.8 Å². The third kappa shape index (κ3) is 4.24. The number of carbonyl (C=O) groups is 1. The molecule has 27 heavy (non-hydrogen) atoms. The summed E-state index contributed by atoms with van der Waals surface area (Å²) in [5.41, 5.74) is 5.26. The van der Waals surface area contributed by atoms with Crippen molar-refractivity contribution < 1.29 is 9.53 Å². The molecule has 0 unspecified atom stereocenters. The predicted molar refractivity (Wildman–Crippen MR) is 110 cm³/mol.